The highest BCUT2D eigenvalue weighted by Gasteiger charge is 2.72. The molecule has 0 aromatic heterocycles. The third-order valence-electron chi connectivity index (χ3n) is 4.22. The van der Waals surface area contributed by atoms with Crippen LogP contribution in [0, 0.1) is 16.7 Å². The van der Waals surface area contributed by atoms with E-state index in [-0.39, 0.29) is 11.7 Å². The van der Waals surface area contributed by atoms with Crippen LogP contribution < -0.4 is 0 Å². The summed E-state index contributed by atoms with van der Waals surface area (Å²) >= 11 is 0. The van der Waals surface area contributed by atoms with Crippen LogP contribution in [-0.4, -0.2) is 11.7 Å². The molecule has 2 spiro atoms. The number of rotatable bonds is 0. The standard InChI is InChI=1S/C10H13NO/c11-7-8-10(12-8)6-2-5-9(10)3-1-4-9/h8H,1-6H2. The van der Waals surface area contributed by atoms with Gasteiger partial charge in [-0.05, 0) is 32.1 Å². The van der Waals surface area contributed by atoms with Crippen LogP contribution in [0.25, 0.3) is 0 Å². The van der Waals surface area contributed by atoms with Crippen molar-refractivity contribution >= 4 is 0 Å². The Labute approximate surface area is 72.5 Å². The summed E-state index contributed by atoms with van der Waals surface area (Å²) in [4.78, 5) is 0. The number of nitriles is 1. The first-order valence-corrected chi connectivity index (χ1v) is 4.90. The average molecular weight is 163 g/mol. The van der Waals surface area contributed by atoms with Gasteiger partial charge < -0.3 is 4.74 Å². The van der Waals surface area contributed by atoms with Crippen molar-refractivity contribution in [2.75, 3.05) is 0 Å². The van der Waals surface area contributed by atoms with Gasteiger partial charge in [0.15, 0.2) is 6.10 Å². The van der Waals surface area contributed by atoms with Crippen molar-refractivity contribution in [1.29, 1.82) is 5.26 Å². The van der Waals surface area contributed by atoms with E-state index in [1.807, 2.05) is 0 Å². The minimum Gasteiger partial charge on any atom is -0.349 e. The Morgan fingerprint density at radius 2 is 1.83 bits per heavy atom. The number of epoxide rings is 1. The first kappa shape index (κ1) is 6.91. The van der Waals surface area contributed by atoms with Gasteiger partial charge in [-0.25, -0.2) is 0 Å². The van der Waals surface area contributed by atoms with Gasteiger partial charge in [0, 0.05) is 5.41 Å². The van der Waals surface area contributed by atoms with E-state index in [2.05, 4.69) is 6.07 Å². The first-order valence-electron chi connectivity index (χ1n) is 4.90. The summed E-state index contributed by atoms with van der Waals surface area (Å²) in [5, 5.41) is 8.81. The number of hydrogen-bond donors (Lipinski definition) is 0. The van der Waals surface area contributed by atoms with E-state index >= 15 is 0 Å². The lowest BCUT2D eigenvalue weighted by atomic mass is 9.61. The van der Waals surface area contributed by atoms with Gasteiger partial charge in [0.25, 0.3) is 0 Å². The molecule has 2 unspecified atom stereocenters. The van der Waals surface area contributed by atoms with Crippen LogP contribution in [0.5, 0.6) is 0 Å². The lowest BCUT2D eigenvalue weighted by Gasteiger charge is -2.42. The lowest BCUT2D eigenvalue weighted by molar-refractivity contribution is 0.0460. The molecule has 2 saturated carbocycles. The topological polar surface area (TPSA) is 36.3 Å². The van der Waals surface area contributed by atoms with Gasteiger partial charge >= 0.3 is 0 Å². The van der Waals surface area contributed by atoms with E-state index in [1.165, 1.54) is 32.1 Å². The monoisotopic (exact) mass is 163 g/mol. The van der Waals surface area contributed by atoms with Gasteiger partial charge in [0.1, 0.15) is 5.60 Å². The van der Waals surface area contributed by atoms with E-state index in [0.717, 1.165) is 6.42 Å². The molecular formula is C10H13NO. The van der Waals surface area contributed by atoms with Crippen molar-refractivity contribution in [2.24, 2.45) is 5.41 Å². The highest BCUT2D eigenvalue weighted by molar-refractivity contribution is 5.26. The lowest BCUT2D eigenvalue weighted by Crippen LogP contribution is -2.40. The van der Waals surface area contributed by atoms with Gasteiger partial charge in [0.05, 0.1) is 6.07 Å². The Kier molecular flexibility index (Phi) is 1.07. The first-order chi connectivity index (χ1) is 5.83. The maximum atomic E-state index is 8.81. The number of fused-ring (bicyclic) bond motifs is 1. The van der Waals surface area contributed by atoms with E-state index < -0.39 is 0 Å². The molecule has 1 saturated heterocycles. The molecule has 64 valence electrons. The molecule has 2 aliphatic carbocycles. The fraction of sp³-hybridized carbons (Fsp3) is 0.900. The SMILES string of the molecule is N#CC1OC12CCCC21CCC1. The Morgan fingerprint density at radius 1 is 1.17 bits per heavy atom. The Bertz CT molecular complexity index is 264. The molecule has 0 bridgehead atoms. The minimum atomic E-state index is -0.0553. The fourth-order valence-corrected chi connectivity index (χ4v) is 3.34. The average Bonchev–Trinajstić information content (AvgIpc) is 2.53. The van der Waals surface area contributed by atoms with E-state index in [0.29, 0.717) is 5.41 Å². The molecule has 2 atom stereocenters. The van der Waals surface area contributed by atoms with Gasteiger partial charge in [-0.2, -0.15) is 5.26 Å². The second-order valence-corrected chi connectivity index (χ2v) is 4.50. The quantitative estimate of drug-likeness (QED) is 0.512. The summed E-state index contributed by atoms with van der Waals surface area (Å²) in [7, 11) is 0. The molecule has 0 radical (unpaired) electrons. The molecule has 0 amide bonds. The van der Waals surface area contributed by atoms with Crippen LogP contribution in [0.2, 0.25) is 0 Å². The number of hydrogen-bond acceptors (Lipinski definition) is 2. The zero-order valence-electron chi connectivity index (χ0n) is 7.18. The summed E-state index contributed by atoms with van der Waals surface area (Å²) in [5.74, 6) is 0. The molecule has 2 nitrogen and oxygen atoms in total. The van der Waals surface area contributed by atoms with E-state index in [1.54, 1.807) is 0 Å². The van der Waals surface area contributed by atoms with Gasteiger partial charge in [0.2, 0.25) is 0 Å². The normalized spacial score (nSPS) is 47.4. The second-order valence-electron chi connectivity index (χ2n) is 4.50. The van der Waals surface area contributed by atoms with Gasteiger partial charge in [-0.3, -0.25) is 0 Å². The highest BCUT2D eigenvalue weighted by Crippen LogP contribution is 2.68. The summed E-state index contributed by atoms with van der Waals surface area (Å²) in [6.45, 7) is 0. The Morgan fingerprint density at radius 3 is 2.33 bits per heavy atom. The summed E-state index contributed by atoms with van der Waals surface area (Å²) in [6.07, 6.45) is 7.65. The predicted octanol–water partition coefficient (Wildman–Crippen LogP) is 2.00. The third-order valence-corrected chi connectivity index (χ3v) is 4.22. The van der Waals surface area contributed by atoms with E-state index in [4.69, 9.17) is 10.00 Å². The molecule has 0 aromatic carbocycles. The molecule has 1 aliphatic heterocycles. The molecule has 0 aromatic rings. The summed E-state index contributed by atoms with van der Waals surface area (Å²) in [5.41, 5.74) is 0.493. The molecule has 2 heteroatoms. The molecule has 0 N–H and O–H groups in total. The molecular weight excluding hydrogens is 150 g/mol. The molecule has 1 heterocycles. The molecule has 3 aliphatic rings. The van der Waals surface area contributed by atoms with Crippen molar-refractivity contribution in [2.45, 2.75) is 50.2 Å². The van der Waals surface area contributed by atoms with E-state index in [9.17, 15) is 0 Å². The summed E-state index contributed by atoms with van der Waals surface area (Å²) in [6, 6.07) is 2.27. The van der Waals surface area contributed by atoms with Crippen LogP contribution in [0.15, 0.2) is 0 Å². The molecule has 3 rings (SSSR count). The van der Waals surface area contributed by atoms with Crippen LogP contribution in [0.4, 0.5) is 0 Å². The van der Waals surface area contributed by atoms with Crippen molar-refractivity contribution in [1.82, 2.24) is 0 Å². The Hall–Kier alpha value is -0.550. The van der Waals surface area contributed by atoms with Crippen molar-refractivity contribution in [3.63, 3.8) is 0 Å². The van der Waals surface area contributed by atoms with Gasteiger partial charge in [-0.15, -0.1) is 0 Å². The smallest absolute Gasteiger partial charge is 0.174 e. The van der Waals surface area contributed by atoms with Crippen LogP contribution in [-0.2, 0) is 4.74 Å². The number of ether oxygens (including phenoxy) is 1. The molecule has 3 fully saturated rings. The zero-order valence-corrected chi connectivity index (χ0v) is 7.18. The minimum absolute atomic E-state index is 0.0417. The van der Waals surface area contributed by atoms with Gasteiger partial charge in [-0.1, -0.05) is 6.42 Å². The van der Waals surface area contributed by atoms with Crippen LogP contribution >= 0.6 is 0 Å². The Balaban J connectivity index is 1.92. The highest BCUT2D eigenvalue weighted by atomic mass is 16.6. The van der Waals surface area contributed by atoms with Crippen LogP contribution in [0.1, 0.15) is 38.5 Å². The second kappa shape index (κ2) is 1.85. The van der Waals surface area contributed by atoms with Crippen molar-refractivity contribution in [3.05, 3.63) is 0 Å². The fourth-order valence-electron chi connectivity index (χ4n) is 3.34. The number of nitrogens with zero attached hydrogens (tertiary/aromatic N) is 1. The predicted molar refractivity (Wildman–Crippen MR) is 43.4 cm³/mol. The zero-order chi connectivity index (χ0) is 8.23. The van der Waals surface area contributed by atoms with Crippen molar-refractivity contribution in [3.8, 4) is 6.07 Å². The largest absolute Gasteiger partial charge is 0.349 e. The molecule has 12 heavy (non-hydrogen) atoms. The third kappa shape index (κ3) is 0.537. The van der Waals surface area contributed by atoms with Crippen LogP contribution in [0.3, 0.4) is 0 Å². The summed E-state index contributed by atoms with van der Waals surface area (Å²) < 4.78 is 5.61. The van der Waals surface area contributed by atoms with Crippen molar-refractivity contribution < 1.29 is 4.74 Å². The maximum absolute atomic E-state index is 8.81. The maximum Gasteiger partial charge on any atom is 0.174 e.